The van der Waals surface area contributed by atoms with Crippen LogP contribution in [-0.4, -0.2) is 96.6 Å². The largest absolute Gasteiger partial charge is 0.508 e. The number of imidazole rings is 1. The Hall–Kier alpha value is -7.27. The van der Waals surface area contributed by atoms with E-state index >= 15 is 0 Å². The number of carbonyl (C=O) groups is 2. The lowest BCUT2D eigenvalue weighted by molar-refractivity contribution is -0.385. The normalized spacial score (nSPS) is 17.9. The highest BCUT2D eigenvalue weighted by molar-refractivity contribution is 7.66. The van der Waals surface area contributed by atoms with Crippen molar-refractivity contribution >= 4 is 69.0 Å². The number of amides is 1. The van der Waals surface area contributed by atoms with Crippen LogP contribution in [0.5, 0.6) is 5.75 Å². The zero-order valence-electron chi connectivity index (χ0n) is 36.5. The number of nitro benzene ring substituents is 1. The van der Waals surface area contributed by atoms with Crippen molar-refractivity contribution in [3.8, 4) is 40.0 Å². The number of aromatic hydroxyl groups is 1. The van der Waals surface area contributed by atoms with Crippen LogP contribution in [0.4, 0.5) is 11.5 Å². The molecule has 6 atom stereocenters. The molecule has 0 saturated carbocycles. The van der Waals surface area contributed by atoms with E-state index in [1.807, 2.05) is 0 Å². The van der Waals surface area contributed by atoms with Gasteiger partial charge in [-0.15, -0.1) is 0 Å². The number of ether oxygens (including phenoxy) is 1. The predicted octanol–water partition coefficient (Wildman–Crippen LogP) is 4.96. The molecule has 0 bridgehead atoms. The van der Waals surface area contributed by atoms with Gasteiger partial charge in [0.25, 0.3) is 11.6 Å². The van der Waals surface area contributed by atoms with Crippen molar-refractivity contribution in [1.82, 2.24) is 24.8 Å². The van der Waals surface area contributed by atoms with Crippen LogP contribution >= 0.6 is 23.5 Å². The summed E-state index contributed by atoms with van der Waals surface area (Å²) in [5.74, 6) is 3.72. The molecule has 8 rings (SSSR count). The van der Waals surface area contributed by atoms with Gasteiger partial charge in [0.2, 0.25) is 0 Å². The molecular formula is C42H36N7O20P3. The molecule has 1 fully saturated rings. The van der Waals surface area contributed by atoms with Crippen molar-refractivity contribution in [3.63, 3.8) is 0 Å². The van der Waals surface area contributed by atoms with Gasteiger partial charge in [-0.3, -0.25) is 28.8 Å². The molecule has 3 aliphatic rings. The molecule has 27 nitrogen and oxygen atoms in total. The van der Waals surface area contributed by atoms with E-state index in [0.717, 1.165) is 6.33 Å². The fourth-order valence-corrected chi connectivity index (χ4v) is 10.7. The molecule has 374 valence electrons. The van der Waals surface area contributed by atoms with Gasteiger partial charge >= 0.3 is 29.4 Å². The number of carboxylic acids is 1. The Morgan fingerprint density at radius 2 is 1.75 bits per heavy atom. The van der Waals surface area contributed by atoms with Gasteiger partial charge in [-0.05, 0) is 67.1 Å². The van der Waals surface area contributed by atoms with Gasteiger partial charge in [0.15, 0.2) is 22.4 Å². The SMILES string of the molecule is C[C@H](Nc1ncnc2c1ncn2[C@H]1C[C@@H](O)[C@@H](COP(=O)(O)OP(=O)(O)OP(=O)(O)O)O1)c1ccc(C#CCNC(=O)c2ccc(C(=O)O)c(-c3c4ccc(=O)cc-4oc4cc(O)ccc34)c2)cc1[N+](=O)[O-]. The quantitative estimate of drug-likeness (QED) is 0.0203. The molecule has 0 spiro atoms. The van der Waals surface area contributed by atoms with Gasteiger partial charge in [0.1, 0.15) is 35.8 Å². The number of aliphatic hydroxyl groups excluding tert-OH is 1. The second-order valence-electron chi connectivity index (χ2n) is 15.6. The Morgan fingerprint density at radius 3 is 2.49 bits per heavy atom. The average Bonchev–Trinajstić information content (AvgIpc) is 3.90. The van der Waals surface area contributed by atoms with Crippen LogP contribution in [0.3, 0.4) is 0 Å². The van der Waals surface area contributed by atoms with Crippen LogP contribution in [0.25, 0.3) is 44.6 Å². The number of carbonyl (C=O) groups excluding carboxylic acids is 1. The summed E-state index contributed by atoms with van der Waals surface area (Å²) in [6.45, 7) is 0.478. The maximum Gasteiger partial charge on any atom is 0.490 e. The van der Waals surface area contributed by atoms with Crippen molar-refractivity contribution in [2.75, 3.05) is 18.5 Å². The van der Waals surface area contributed by atoms with Crippen LogP contribution in [0.2, 0.25) is 0 Å². The van der Waals surface area contributed by atoms with Crippen molar-refractivity contribution < 1.29 is 85.4 Å². The van der Waals surface area contributed by atoms with Gasteiger partial charge < -0.3 is 54.7 Å². The molecule has 30 heteroatoms. The maximum absolute atomic E-state index is 13.4. The molecule has 72 heavy (non-hydrogen) atoms. The van der Waals surface area contributed by atoms with E-state index in [1.54, 1.807) is 6.92 Å². The smallest absolute Gasteiger partial charge is 0.490 e. The number of rotatable bonds is 16. The first-order valence-electron chi connectivity index (χ1n) is 20.6. The summed E-state index contributed by atoms with van der Waals surface area (Å²) >= 11 is 0. The number of nitro groups is 1. The van der Waals surface area contributed by atoms with Gasteiger partial charge in [-0.25, -0.2) is 33.4 Å². The first-order chi connectivity index (χ1) is 34.0. The van der Waals surface area contributed by atoms with E-state index in [1.165, 1.54) is 83.7 Å². The van der Waals surface area contributed by atoms with Crippen molar-refractivity contribution in [1.29, 1.82) is 0 Å². The Labute approximate surface area is 402 Å². The summed E-state index contributed by atoms with van der Waals surface area (Å²) in [6.07, 6.45) is -1.44. The third-order valence-corrected chi connectivity index (χ3v) is 14.6. The molecule has 0 radical (unpaired) electrons. The number of aromatic nitrogens is 4. The lowest BCUT2D eigenvalue weighted by Gasteiger charge is -2.19. The highest BCUT2D eigenvalue weighted by atomic mass is 31.3. The van der Waals surface area contributed by atoms with Crippen LogP contribution in [0.15, 0.2) is 94.7 Å². The first kappa shape index (κ1) is 51.1. The number of hydrogen-bond donors (Lipinski definition) is 9. The third-order valence-electron chi connectivity index (χ3n) is 10.8. The highest BCUT2D eigenvalue weighted by Crippen LogP contribution is 2.66. The van der Waals surface area contributed by atoms with Crippen molar-refractivity contribution in [3.05, 3.63) is 128 Å². The number of phosphoric ester groups is 1. The number of phosphoric acid groups is 3. The summed E-state index contributed by atoms with van der Waals surface area (Å²) in [7, 11) is -16.9. The molecule has 1 amide bonds. The van der Waals surface area contributed by atoms with Crippen LogP contribution in [0, 0.1) is 22.0 Å². The molecule has 5 aromatic rings. The average molecular weight is 1050 g/mol. The fourth-order valence-electron chi connectivity index (χ4n) is 7.70. The topological polar surface area (TPSA) is 405 Å². The minimum absolute atomic E-state index is 0.0558. The Bertz CT molecular complexity index is 3570. The second-order valence-corrected chi connectivity index (χ2v) is 20.0. The zero-order valence-corrected chi connectivity index (χ0v) is 39.2. The summed E-state index contributed by atoms with van der Waals surface area (Å²) in [6, 6.07) is 15.6. The highest BCUT2D eigenvalue weighted by Gasteiger charge is 2.43. The van der Waals surface area contributed by atoms with E-state index in [0.29, 0.717) is 16.5 Å². The molecular weight excluding hydrogens is 1020 g/mol. The number of phenols is 1. The minimum Gasteiger partial charge on any atom is -0.508 e. The summed E-state index contributed by atoms with van der Waals surface area (Å²) in [4.78, 5) is 99.3. The van der Waals surface area contributed by atoms with E-state index in [2.05, 4.69) is 50.6 Å². The number of aromatic carboxylic acids is 1. The van der Waals surface area contributed by atoms with E-state index < -0.39 is 71.4 Å². The van der Waals surface area contributed by atoms with Gasteiger partial charge in [0.05, 0.1) is 47.7 Å². The Kier molecular flexibility index (Phi) is 14.3. The van der Waals surface area contributed by atoms with Gasteiger partial charge in [-0.2, -0.15) is 8.62 Å². The number of carboxylic acid groups (broad SMARTS) is 1. The predicted molar refractivity (Wildman–Crippen MR) is 247 cm³/mol. The minimum atomic E-state index is -5.78. The van der Waals surface area contributed by atoms with Crippen LogP contribution in [0.1, 0.15) is 57.5 Å². The monoisotopic (exact) mass is 1050 g/mol. The standard InChI is InChI=1S/C42H36N7O20P3/c1-21(47-39-38-40(45-19-44-39)48(20-46-38)36-17-32(52)35(67-36)18-65-71(61,62)69-72(63,64)68-70(58,59)60)26-8-4-22(13-31(26)49(56)57)3-2-12-43-41(53)23-5-9-27(42(54)55)30(14-23)37-28-10-6-24(50)15-33(28)66-34-16-25(51)7-11-29(34)37/h4-11,13-16,19-21,32,35-36,50,52H,12,17-18H2,1H3,(H,43,53)(H,54,55)(H,61,62)(H,63,64)(H,44,45,47)(H2,58,59,60)/t21-,32+,35+,36+/m0/s1. The number of aliphatic hydroxyl groups is 1. The fraction of sp³-hybridized carbons (Fsp3) is 0.190. The molecule has 2 aromatic heterocycles. The second kappa shape index (κ2) is 20.1. The van der Waals surface area contributed by atoms with Gasteiger partial charge in [0, 0.05) is 52.3 Å². The zero-order chi connectivity index (χ0) is 51.9. The maximum atomic E-state index is 13.4. The van der Waals surface area contributed by atoms with E-state index in [9.17, 15) is 63.3 Å². The first-order valence-corrected chi connectivity index (χ1v) is 25.2. The van der Waals surface area contributed by atoms with Crippen LogP contribution in [-0.2, 0) is 31.6 Å². The van der Waals surface area contributed by atoms with Crippen molar-refractivity contribution in [2.24, 2.45) is 0 Å². The lowest BCUT2D eigenvalue weighted by Crippen LogP contribution is -2.26. The number of hydrogen-bond acceptors (Lipinski definition) is 19. The summed E-state index contributed by atoms with van der Waals surface area (Å²) in [5, 5.41) is 49.3. The number of phenolic OH excluding ortho intramolecular Hbond substituents is 1. The Balaban J connectivity index is 0.937. The molecule has 1 aliphatic carbocycles. The molecule has 2 unspecified atom stereocenters. The molecule has 3 aromatic carbocycles. The van der Waals surface area contributed by atoms with Crippen molar-refractivity contribution in [2.45, 2.75) is 37.8 Å². The molecule has 1 saturated heterocycles. The number of nitrogens with one attached hydrogen (secondary N) is 2. The number of nitrogens with zero attached hydrogens (tertiary/aromatic N) is 5. The molecule has 9 N–H and O–H groups in total. The molecule has 2 aliphatic heterocycles. The number of anilines is 1. The summed E-state index contributed by atoms with van der Waals surface area (Å²) < 4.78 is 59.7. The molecule has 4 heterocycles. The Morgan fingerprint density at radius 1 is 0.972 bits per heavy atom. The van der Waals surface area contributed by atoms with Crippen LogP contribution < -0.4 is 16.1 Å². The number of fused-ring (bicyclic) bond motifs is 3. The van der Waals surface area contributed by atoms with E-state index in [-0.39, 0.29) is 86.0 Å². The lowest BCUT2D eigenvalue weighted by atomic mass is 9.89. The third kappa shape index (κ3) is 11.4. The number of benzene rings is 4. The summed E-state index contributed by atoms with van der Waals surface area (Å²) in [5.41, 5.74) is 0.961. The van der Waals surface area contributed by atoms with Gasteiger partial charge in [-0.1, -0.05) is 11.8 Å². The van der Waals surface area contributed by atoms with E-state index in [4.69, 9.17) is 18.9 Å².